The van der Waals surface area contributed by atoms with Gasteiger partial charge in [-0.1, -0.05) is 39.5 Å². The SMILES string of the molecule is CCC(C)(CN)C(O)C1CCCCCC1. The van der Waals surface area contributed by atoms with Gasteiger partial charge in [-0.3, -0.25) is 0 Å². The van der Waals surface area contributed by atoms with Gasteiger partial charge in [-0.05, 0) is 25.2 Å². The van der Waals surface area contributed by atoms with E-state index in [1.807, 2.05) is 0 Å². The fourth-order valence-corrected chi connectivity index (χ4v) is 2.67. The maximum absolute atomic E-state index is 10.4. The van der Waals surface area contributed by atoms with Gasteiger partial charge in [0.1, 0.15) is 0 Å². The molecule has 1 aliphatic carbocycles. The van der Waals surface area contributed by atoms with E-state index < -0.39 is 0 Å². The molecule has 0 spiro atoms. The number of hydrogen-bond acceptors (Lipinski definition) is 2. The highest BCUT2D eigenvalue weighted by molar-refractivity contribution is 4.87. The molecule has 0 aliphatic heterocycles. The van der Waals surface area contributed by atoms with Crippen LogP contribution in [0.1, 0.15) is 58.8 Å². The van der Waals surface area contributed by atoms with Gasteiger partial charge in [-0.25, -0.2) is 0 Å². The van der Waals surface area contributed by atoms with Gasteiger partial charge in [0.15, 0.2) is 0 Å². The van der Waals surface area contributed by atoms with Gasteiger partial charge < -0.3 is 10.8 Å². The normalized spacial score (nSPS) is 25.6. The average Bonchev–Trinajstić information content (AvgIpc) is 2.55. The summed E-state index contributed by atoms with van der Waals surface area (Å²) in [7, 11) is 0. The fourth-order valence-electron chi connectivity index (χ4n) is 2.67. The largest absolute Gasteiger partial charge is 0.392 e. The molecule has 0 aromatic carbocycles. The second kappa shape index (κ2) is 5.86. The number of aliphatic hydroxyl groups is 1. The molecule has 0 saturated heterocycles. The topological polar surface area (TPSA) is 46.2 Å². The quantitative estimate of drug-likeness (QED) is 0.705. The van der Waals surface area contributed by atoms with Gasteiger partial charge in [-0.15, -0.1) is 0 Å². The number of nitrogens with two attached hydrogens (primary N) is 1. The first-order chi connectivity index (χ1) is 7.14. The lowest BCUT2D eigenvalue weighted by Crippen LogP contribution is -2.43. The van der Waals surface area contributed by atoms with Gasteiger partial charge in [-0.2, -0.15) is 0 Å². The molecule has 2 heteroatoms. The number of aliphatic hydroxyl groups excluding tert-OH is 1. The van der Waals surface area contributed by atoms with Crippen LogP contribution >= 0.6 is 0 Å². The highest BCUT2D eigenvalue weighted by atomic mass is 16.3. The maximum Gasteiger partial charge on any atom is 0.0633 e. The predicted molar refractivity (Wildman–Crippen MR) is 64.7 cm³/mol. The van der Waals surface area contributed by atoms with Crippen molar-refractivity contribution in [1.82, 2.24) is 0 Å². The Morgan fingerprint density at radius 2 is 1.80 bits per heavy atom. The van der Waals surface area contributed by atoms with Crippen LogP contribution in [0.4, 0.5) is 0 Å². The van der Waals surface area contributed by atoms with E-state index in [4.69, 9.17) is 5.73 Å². The molecule has 0 amide bonds. The van der Waals surface area contributed by atoms with Crippen LogP contribution < -0.4 is 5.73 Å². The van der Waals surface area contributed by atoms with Crippen molar-refractivity contribution in [2.45, 2.75) is 64.9 Å². The molecule has 2 atom stereocenters. The minimum atomic E-state index is -0.203. The summed E-state index contributed by atoms with van der Waals surface area (Å²) in [5.41, 5.74) is 5.73. The zero-order valence-corrected chi connectivity index (χ0v) is 10.3. The Balaban J connectivity index is 2.59. The van der Waals surface area contributed by atoms with E-state index in [2.05, 4.69) is 13.8 Å². The summed E-state index contributed by atoms with van der Waals surface area (Å²) in [6.45, 7) is 4.86. The van der Waals surface area contributed by atoms with Crippen LogP contribution in [0.15, 0.2) is 0 Å². The minimum Gasteiger partial charge on any atom is -0.392 e. The fraction of sp³-hybridized carbons (Fsp3) is 1.00. The minimum absolute atomic E-state index is 0.0744. The monoisotopic (exact) mass is 213 g/mol. The zero-order valence-electron chi connectivity index (χ0n) is 10.3. The third-order valence-electron chi connectivity index (χ3n) is 4.33. The molecule has 1 rings (SSSR count). The molecule has 1 saturated carbocycles. The summed E-state index contributed by atoms with van der Waals surface area (Å²) in [6.07, 6.45) is 8.40. The second-order valence-electron chi connectivity index (χ2n) is 5.41. The van der Waals surface area contributed by atoms with E-state index in [-0.39, 0.29) is 11.5 Å². The summed E-state index contributed by atoms with van der Waals surface area (Å²) in [6, 6.07) is 0. The van der Waals surface area contributed by atoms with Crippen LogP contribution in [0.3, 0.4) is 0 Å². The molecular weight excluding hydrogens is 186 g/mol. The van der Waals surface area contributed by atoms with E-state index in [1.54, 1.807) is 0 Å². The molecular formula is C13H27NO. The third-order valence-corrected chi connectivity index (χ3v) is 4.33. The summed E-state index contributed by atoms with van der Waals surface area (Å²) in [5.74, 6) is 0.487. The van der Waals surface area contributed by atoms with E-state index >= 15 is 0 Å². The summed E-state index contributed by atoms with van der Waals surface area (Å²) in [4.78, 5) is 0. The molecule has 15 heavy (non-hydrogen) atoms. The first-order valence-corrected chi connectivity index (χ1v) is 6.52. The van der Waals surface area contributed by atoms with Gasteiger partial charge in [0.05, 0.1) is 6.10 Å². The summed E-state index contributed by atoms with van der Waals surface area (Å²) in [5, 5.41) is 10.4. The predicted octanol–water partition coefficient (Wildman–Crippen LogP) is 2.69. The van der Waals surface area contributed by atoms with Crippen molar-refractivity contribution in [1.29, 1.82) is 0 Å². The molecule has 90 valence electrons. The van der Waals surface area contributed by atoms with Gasteiger partial charge in [0, 0.05) is 12.0 Å². The highest BCUT2D eigenvalue weighted by Crippen LogP contribution is 2.35. The van der Waals surface area contributed by atoms with Crippen LogP contribution in [0, 0.1) is 11.3 Å². The first kappa shape index (κ1) is 13.0. The van der Waals surface area contributed by atoms with Crippen molar-refractivity contribution in [3.05, 3.63) is 0 Å². The van der Waals surface area contributed by atoms with Crippen LogP contribution in [-0.4, -0.2) is 17.8 Å². The first-order valence-electron chi connectivity index (χ1n) is 6.52. The molecule has 1 aliphatic rings. The number of rotatable bonds is 4. The Morgan fingerprint density at radius 3 is 2.20 bits per heavy atom. The maximum atomic E-state index is 10.4. The van der Waals surface area contributed by atoms with E-state index in [9.17, 15) is 5.11 Å². The molecule has 2 unspecified atom stereocenters. The lowest BCUT2D eigenvalue weighted by molar-refractivity contribution is -0.0118. The van der Waals surface area contributed by atoms with Crippen LogP contribution in [-0.2, 0) is 0 Å². The van der Waals surface area contributed by atoms with Crippen LogP contribution in [0.5, 0.6) is 0 Å². The standard InChI is InChI=1S/C13H27NO/c1-3-13(2,10-14)12(15)11-8-6-4-5-7-9-11/h11-12,15H,3-10,14H2,1-2H3. The second-order valence-corrected chi connectivity index (χ2v) is 5.41. The Kier molecular flexibility index (Phi) is 5.07. The van der Waals surface area contributed by atoms with Gasteiger partial charge in [0.25, 0.3) is 0 Å². The van der Waals surface area contributed by atoms with Gasteiger partial charge >= 0.3 is 0 Å². The molecule has 0 radical (unpaired) electrons. The Labute approximate surface area is 94.2 Å². The van der Waals surface area contributed by atoms with Gasteiger partial charge in [0.2, 0.25) is 0 Å². The molecule has 1 fully saturated rings. The van der Waals surface area contributed by atoms with E-state index in [0.29, 0.717) is 12.5 Å². The van der Waals surface area contributed by atoms with Crippen LogP contribution in [0.2, 0.25) is 0 Å². The molecule has 3 N–H and O–H groups in total. The summed E-state index contributed by atoms with van der Waals surface area (Å²) < 4.78 is 0. The van der Waals surface area contributed by atoms with Crippen molar-refractivity contribution in [2.75, 3.05) is 6.54 Å². The lowest BCUT2D eigenvalue weighted by Gasteiger charge is -2.37. The highest BCUT2D eigenvalue weighted by Gasteiger charge is 2.35. The Bertz CT molecular complexity index is 169. The molecule has 2 nitrogen and oxygen atoms in total. The van der Waals surface area contributed by atoms with Crippen molar-refractivity contribution >= 4 is 0 Å². The van der Waals surface area contributed by atoms with Crippen molar-refractivity contribution in [2.24, 2.45) is 17.1 Å². The van der Waals surface area contributed by atoms with Crippen LogP contribution in [0.25, 0.3) is 0 Å². The Hall–Kier alpha value is -0.0800. The molecule has 0 heterocycles. The smallest absolute Gasteiger partial charge is 0.0633 e. The molecule has 0 aromatic rings. The average molecular weight is 213 g/mol. The van der Waals surface area contributed by atoms with E-state index in [1.165, 1.54) is 38.5 Å². The summed E-state index contributed by atoms with van der Waals surface area (Å²) >= 11 is 0. The van der Waals surface area contributed by atoms with Crippen molar-refractivity contribution < 1.29 is 5.11 Å². The van der Waals surface area contributed by atoms with E-state index in [0.717, 1.165) is 6.42 Å². The third kappa shape index (κ3) is 3.18. The van der Waals surface area contributed by atoms with Crippen molar-refractivity contribution in [3.63, 3.8) is 0 Å². The number of hydrogen-bond donors (Lipinski definition) is 2. The van der Waals surface area contributed by atoms with Crippen molar-refractivity contribution in [3.8, 4) is 0 Å². The zero-order chi connectivity index (χ0) is 11.3. The molecule has 0 aromatic heterocycles. The molecule has 0 bridgehead atoms. The Morgan fingerprint density at radius 1 is 1.27 bits per heavy atom. The lowest BCUT2D eigenvalue weighted by atomic mass is 9.74.